The number of aromatic nitrogens is 1. The smallest absolute Gasteiger partial charge is 0.410 e. The number of H-pyrrole nitrogens is 1. The molecule has 1 atom stereocenters. The van der Waals surface area contributed by atoms with E-state index in [9.17, 15) is 9.59 Å². The lowest BCUT2D eigenvalue weighted by Gasteiger charge is -2.34. The van der Waals surface area contributed by atoms with Gasteiger partial charge in [0.15, 0.2) is 0 Å². The van der Waals surface area contributed by atoms with Crippen LogP contribution in [0.1, 0.15) is 29.3 Å². The fourth-order valence-electron chi connectivity index (χ4n) is 3.79. The Balaban J connectivity index is 1.60. The van der Waals surface area contributed by atoms with Gasteiger partial charge in [0.25, 0.3) is 0 Å². The highest BCUT2D eigenvalue weighted by Gasteiger charge is 2.35. The molecule has 1 aliphatic rings. The van der Waals surface area contributed by atoms with Crippen molar-refractivity contribution >= 4 is 23.0 Å². The van der Waals surface area contributed by atoms with Crippen LogP contribution in [0.4, 0.5) is 4.79 Å². The number of para-hydroxylation sites is 1. The molecule has 0 unspecified atom stereocenters. The third-order valence-corrected chi connectivity index (χ3v) is 5.19. The molecule has 0 radical (unpaired) electrons. The average molecular weight is 378 g/mol. The van der Waals surface area contributed by atoms with Crippen LogP contribution in [0.3, 0.4) is 0 Å². The van der Waals surface area contributed by atoms with Crippen molar-refractivity contribution in [1.29, 1.82) is 0 Å². The van der Waals surface area contributed by atoms with E-state index in [2.05, 4.69) is 11.1 Å². The molecule has 0 spiro atoms. The van der Waals surface area contributed by atoms with Gasteiger partial charge < -0.3 is 14.5 Å². The molecule has 3 aromatic rings. The Bertz CT molecular complexity index is 996. The van der Waals surface area contributed by atoms with Crippen LogP contribution in [0, 0.1) is 0 Å². The molecule has 6 heteroatoms. The topological polar surface area (TPSA) is 71.6 Å². The van der Waals surface area contributed by atoms with E-state index in [1.54, 1.807) is 4.90 Å². The van der Waals surface area contributed by atoms with E-state index in [4.69, 9.17) is 9.47 Å². The highest BCUT2D eigenvalue weighted by molar-refractivity contribution is 5.86. The molecule has 144 valence electrons. The van der Waals surface area contributed by atoms with Crippen molar-refractivity contribution in [2.24, 2.45) is 0 Å². The third-order valence-electron chi connectivity index (χ3n) is 5.19. The van der Waals surface area contributed by atoms with E-state index in [1.807, 2.05) is 48.5 Å². The second kappa shape index (κ2) is 7.76. The normalized spacial score (nSPS) is 15.9. The Labute approximate surface area is 163 Å². The Kier molecular flexibility index (Phi) is 5.02. The second-order valence-electron chi connectivity index (χ2n) is 6.84. The van der Waals surface area contributed by atoms with Gasteiger partial charge in [0, 0.05) is 23.1 Å². The first-order chi connectivity index (χ1) is 13.7. The summed E-state index contributed by atoms with van der Waals surface area (Å²) in [5, 5.41) is 1.13. The van der Waals surface area contributed by atoms with Crippen molar-refractivity contribution in [3.8, 4) is 0 Å². The van der Waals surface area contributed by atoms with Crippen LogP contribution in [0.5, 0.6) is 0 Å². The minimum absolute atomic E-state index is 0.0801. The summed E-state index contributed by atoms with van der Waals surface area (Å²) in [5.41, 5.74) is 3.96. The highest BCUT2D eigenvalue weighted by Crippen LogP contribution is 2.36. The molecular formula is C22H22N2O4. The van der Waals surface area contributed by atoms with Gasteiger partial charge in [-0.05, 0) is 23.6 Å². The molecule has 4 rings (SSSR count). The van der Waals surface area contributed by atoms with E-state index in [-0.39, 0.29) is 19.0 Å². The lowest BCUT2D eigenvalue weighted by atomic mass is 9.95. The molecule has 1 aliphatic heterocycles. The number of methoxy groups -OCH3 is 1. The first-order valence-electron chi connectivity index (χ1n) is 9.31. The van der Waals surface area contributed by atoms with Gasteiger partial charge in [0.1, 0.15) is 6.61 Å². The van der Waals surface area contributed by atoms with Crippen LogP contribution < -0.4 is 0 Å². The van der Waals surface area contributed by atoms with Gasteiger partial charge in [-0.25, -0.2) is 4.79 Å². The summed E-state index contributed by atoms with van der Waals surface area (Å²) in [6.45, 7) is 0.685. The lowest BCUT2D eigenvalue weighted by Crippen LogP contribution is -2.41. The zero-order valence-corrected chi connectivity index (χ0v) is 15.7. The molecule has 2 aromatic carbocycles. The van der Waals surface area contributed by atoms with E-state index in [0.717, 1.165) is 27.7 Å². The van der Waals surface area contributed by atoms with Crippen molar-refractivity contribution in [3.05, 3.63) is 71.4 Å². The van der Waals surface area contributed by atoms with Crippen LogP contribution in [0.25, 0.3) is 10.9 Å². The predicted molar refractivity (Wildman–Crippen MR) is 105 cm³/mol. The van der Waals surface area contributed by atoms with Crippen molar-refractivity contribution in [3.63, 3.8) is 0 Å². The lowest BCUT2D eigenvalue weighted by molar-refractivity contribution is -0.142. The summed E-state index contributed by atoms with van der Waals surface area (Å²) >= 11 is 0. The summed E-state index contributed by atoms with van der Waals surface area (Å²) in [6, 6.07) is 17.1. The van der Waals surface area contributed by atoms with Crippen molar-refractivity contribution in [2.45, 2.75) is 25.5 Å². The largest absolute Gasteiger partial charge is 0.469 e. The summed E-state index contributed by atoms with van der Waals surface area (Å²) in [7, 11) is 1.36. The number of rotatable bonds is 4. The second-order valence-corrected chi connectivity index (χ2v) is 6.84. The number of esters is 1. The maximum absolute atomic E-state index is 12.8. The monoisotopic (exact) mass is 378 g/mol. The van der Waals surface area contributed by atoms with Crippen molar-refractivity contribution in [2.75, 3.05) is 13.7 Å². The number of benzene rings is 2. The number of nitrogens with one attached hydrogen (secondary N) is 1. The van der Waals surface area contributed by atoms with E-state index < -0.39 is 12.1 Å². The van der Waals surface area contributed by atoms with Crippen LogP contribution in [-0.4, -0.2) is 35.6 Å². The van der Waals surface area contributed by atoms with E-state index in [0.29, 0.717) is 13.0 Å². The highest BCUT2D eigenvalue weighted by atomic mass is 16.6. The number of carbonyl (C=O) groups is 2. The predicted octanol–water partition coefficient (Wildman–Crippen LogP) is 3.97. The number of hydrogen-bond acceptors (Lipinski definition) is 4. The molecule has 0 aliphatic carbocycles. The maximum atomic E-state index is 12.8. The number of fused-ring (bicyclic) bond motifs is 3. The molecular weight excluding hydrogens is 356 g/mol. The number of amides is 1. The summed E-state index contributed by atoms with van der Waals surface area (Å²) < 4.78 is 10.4. The van der Waals surface area contributed by atoms with Gasteiger partial charge in [-0.2, -0.15) is 0 Å². The zero-order chi connectivity index (χ0) is 19.5. The fourth-order valence-corrected chi connectivity index (χ4v) is 3.79. The molecule has 28 heavy (non-hydrogen) atoms. The summed E-state index contributed by atoms with van der Waals surface area (Å²) in [6.07, 6.45) is 0.357. The molecule has 1 amide bonds. The van der Waals surface area contributed by atoms with Crippen LogP contribution in [0.2, 0.25) is 0 Å². The standard InChI is InChI=1S/C22H22N2O4/c1-27-20(25)13-19-21-17(16-9-5-6-10-18(16)23-21)11-12-24(19)22(26)28-14-15-7-3-2-4-8-15/h2-10,19,23H,11-14H2,1H3/t19-/m0/s1. The molecule has 2 heterocycles. The fraction of sp³-hybridized carbons (Fsp3) is 0.273. The molecule has 0 bridgehead atoms. The molecule has 1 aromatic heterocycles. The maximum Gasteiger partial charge on any atom is 0.410 e. The summed E-state index contributed by atoms with van der Waals surface area (Å²) in [5.74, 6) is -0.364. The first kappa shape index (κ1) is 18.1. The first-order valence-corrected chi connectivity index (χ1v) is 9.31. The van der Waals surface area contributed by atoms with Crippen molar-refractivity contribution in [1.82, 2.24) is 9.88 Å². The Morgan fingerprint density at radius 1 is 1.11 bits per heavy atom. The van der Waals surface area contributed by atoms with Crippen molar-refractivity contribution < 1.29 is 19.1 Å². The number of ether oxygens (including phenoxy) is 2. The zero-order valence-electron chi connectivity index (χ0n) is 15.7. The number of carbonyl (C=O) groups excluding carboxylic acids is 2. The number of aromatic amines is 1. The van der Waals surface area contributed by atoms with Gasteiger partial charge >= 0.3 is 12.1 Å². The van der Waals surface area contributed by atoms with Gasteiger partial charge in [-0.15, -0.1) is 0 Å². The van der Waals surface area contributed by atoms with Crippen LogP contribution in [0.15, 0.2) is 54.6 Å². The molecule has 0 saturated carbocycles. The SMILES string of the molecule is COC(=O)C[C@H]1c2[nH]c3ccccc3c2CCN1C(=O)OCc1ccccc1. The van der Waals surface area contributed by atoms with E-state index in [1.165, 1.54) is 7.11 Å². The van der Waals surface area contributed by atoms with Crippen LogP contribution >= 0.6 is 0 Å². The minimum Gasteiger partial charge on any atom is -0.469 e. The number of hydrogen-bond donors (Lipinski definition) is 1. The summed E-state index contributed by atoms with van der Waals surface area (Å²) in [4.78, 5) is 29.9. The molecule has 6 nitrogen and oxygen atoms in total. The molecule has 0 fully saturated rings. The molecule has 1 N–H and O–H groups in total. The quantitative estimate of drug-likeness (QED) is 0.698. The van der Waals surface area contributed by atoms with Gasteiger partial charge in [0.2, 0.25) is 0 Å². The van der Waals surface area contributed by atoms with Crippen LogP contribution in [-0.2, 0) is 27.3 Å². The average Bonchev–Trinajstić information content (AvgIpc) is 3.12. The van der Waals surface area contributed by atoms with Gasteiger partial charge in [0.05, 0.1) is 19.6 Å². The number of nitrogens with zero attached hydrogens (tertiary/aromatic N) is 1. The Hall–Kier alpha value is -3.28. The molecule has 0 saturated heterocycles. The Morgan fingerprint density at radius 3 is 2.64 bits per heavy atom. The minimum atomic E-state index is -0.438. The van der Waals surface area contributed by atoms with Gasteiger partial charge in [-0.1, -0.05) is 48.5 Å². The Morgan fingerprint density at radius 2 is 1.86 bits per heavy atom. The van der Waals surface area contributed by atoms with E-state index >= 15 is 0 Å². The van der Waals surface area contributed by atoms with Gasteiger partial charge in [-0.3, -0.25) is 9.69 Å². The third kappa shape index (κ3) is 3.45.